The number of carbonyl (C=O) groups excluding carboxylic acids is 3. The number of hydrogen-bond acceptors (Lipinski definition) is 9. The van der Waals surface area contributed by atoms with Crippen LogP contribution in [0.3, 0.4) is 0 Å². The zero-order valence-electron chi connectivity index (χ0n) is 37.0. The van der Waals surface area contributed by atoms with Crippen molar-refractivity contribution >= 4 is 63.0 Å². The second-order valence-corrected chi connectivity index (χ2v) is 14.3. The number of ether oxygens (including phenoxy) is 3. The van der Waals surface area contributed by atoms with Gasteiger partial charge in [0.05, 0.1) is 49.8 Å². The number of fused-ring (bicyclic) bond motifs is 1. The SMILES string of the molecule is COc1cc(NC(=O)Nc2cc(F)cc(F)c2O)cc(OC)c1OC.Cc1cccc(C)c1NC(=O)Nc1cc(F)cc(F)c1O.O=C(Nc1cc(F)cc(F)c1O)Nc1cccc2ccccc12. The van der Waals surface area contributed by atoms with Crippen molar-refractivity contribution in [1.29, 1.82) is 0 Å². The van der Waals surface area contributed by atoms with Crippen LogP contribution in [-0.4, -0.2) is 54.7 Å². The van der Waals surface area contributed by atoms with Gasteiger partial charge in [-0.05, 0) is 36.4 Å². The Hall–Kier alpha value is -9.01. The zero-order chi connectivity index (χ0) is 50.5. The molecule has 0 bridgehead atoms. The Balaban J connectivity index is 0.000000194. The van der Waals surface area contributed by atoms with Crippen LogP contribution in [0.5, 0.6) is 34.5 Å². The van der Waals surface area contributed by atoms with Gasteiger partial charge in [-0.3, -0.25) is 0 Å². The standard InChI is InChI=1S/C17H12F2N2O2.C16H16F2N2O5.C15H14F2N2O2/c18-11-8-13(19)16(22)15(9-11)21-17(23)20-14-7-3-5-10-4-1-2-6-12(10)14;1-23-12-6-9(7-13(24-2)15(12)25-3)19-16(22)20-11-5-8(17)4-10(18)14(11)21;1-8-4-3-5-9(2)13(8)19-15(21)18-12-7-10(16)6-11(17)14(12)20/h1-9,22H,(H2,20,21,23);4-7,21H,1-3H3,(H2,19,20,22);3-7,20H,1-2H3,(H2,18,19,21). The number of nitrogens with one attached hydrogen (secondary N) is 6. The maximum atomic E-state index is 13.3. The predicted octanol–water partition coefficient (Wildman–Crippen LogP) is 11.7. The molecule has 0 heterocycles. The number of anilines is 6. The maximum Gasteiger partial charge on any atom is 0.323 e. The van der Waals surface area contributed by atoms with Gasteiger partial charge in [0.1, 0.15) is 17.5 Å². The Kier molecular flexibility index (Phi) is 17.0. The zero-order valence-corrected chi connectivity index (χ0v) is 37.0. The Labute approximate surface area is 389 Å². The highest BCUT2D eigenvalue weighted by atomic mass is 19.2. The first kappa shape index (κ1) is 51.0. The first-order chi connectivity index (χ1) is 32.8. The van der Waals surface area contributed by atoms with Crippen LogP contribution >= 0.6 is 0 Å². The van der Waals surface area contributed by atoms with E-state index in [9.17, 15) is 56.0 Å². The van der Waals surface area contributed by atoms with E-state index >= 15 is 0 Å². The lowest BCUT2D eigenvalue weighted by atomic mass is 10.1. The summed E-state index contributed by atoms with van der Waals surface area (Å²) in [6.07, 6.45) is 0. The smallest absolute Gasteiger partial charge is 0.323 e. The average Bonchev–Trinajstić information content (AvgIpc) is 3.30. The fourth-order valence-corrected chi connectivity index (χ4v) is 6.31. The number of hydrogen-bond donors (Lipinski definition) is 9. The number of halogens is 6. The van der Waals surface area contributed by atoms with Crippen LogP contribution in [0.25, 0.3) is 10.8 Å². The minimum Gasteiger partial charge on any atom is -0.503 e. The van der Waals surface area contributed by atoms with Crippen molar-refractivity contribution in [3.8, 4) is 34.5 Å². The molecule has 0 aliphatic carbocycles. The molecule has 21 heteroatoms. The molecule has 0 fully saturated rings. The van der Waals surface area contributed by atoms with Crippen LogP contribution in [0.1, 0.15) is 11.1 Å². The van der Waals surface area contributed by atoms with Crippen LogP contribution in [-0.2, 0) is 0 Å². The molecule has 360 valence electrons. The quantitative estimate of drug-likeness (QED) is 0.0497. The van der Waals surface area contributed by atoms with Crippen molar-refractivity contribution in [2.75, 3.05) is 53.2 Å². The van der Waals surface area contributed by atoms with Gasteiger partial charge in [0.15, 0.2) is 46.2 Å². The minimum absolute atomic E-state index is 0.267. The fraction of sp³-hybridized carbons (Fsp3) is 0.104. The normalized spacial score (nSPS) is 10.3. The van der Waals surface area contributed by atoms with Gasteiger partial charge in [-0.2, -0.15) is 0 Å². The average molecular weight is 961 g/mol. The van der Waals surface area contributed by atoms with E-state index in [0.717, 1.165) is 40.1 Å². The molecule has 6 amide bonds. The van der Waals surface area contributed by atoms with E-state index in [4.69, 9.17) is 14.2 Å². The maximum absolute atomic E-state index is 13.3. The third-order valence-electron chi connectivity index (χ3n) is 9.51. The van der Waals surface area contributed by atoms with Gasteiger partial charge in [-0.1, -0.05) is 54.6 Å². The molecule has 0 saturated heterocycles. The molecule has 0 atom stereocenters. The number of aryl methyl sites for hydroxylation is 2. The van der Waals surface area contributed by atoms with Crippen LogP contribution < -0.4 is 46.1 Å². The highest BCUT2D eigenvalue weighted by Crippen LogP contribution is 2.40. The molecule has 0 spiro atoms. The first-order valence-corrected chi connectivity index (χ1v) is 19.9. The molecule has 7 rings (SSSR count). The molecule has 7 aromatic carbocycles. The number of aromatic hydroxyl groups is 3. The van der Waals surface area contributed by atoms with E-state index in [1.54, 1.807) is 12.1 Å². The molecule has 0 unspecified atom stereocenters. The molecule has 0 radical (unpaired) electrons. The van der Waals surface area contributed by atoms with E-state index in [2.05, 4.69) is 31.9 Å². The van der Waals surface area contributed by atoms with Crippen LogP contribution in [0, 0.1) is 48.8 Å². The molecule has 9 N–H and O–H groups in total. The van der Waals surface area contributed by atoms with Crippen molar-refractivity contribution in [2.45, 2.75) is 13.8 Å². The monoisotopic (exact) mass is 960 g/mol. The number of carbonyl (C=O) groups is 3. The Morgan fingerprint density at radius 1 is 0.449 bits per heavy atom. The van der Waals surface area contributed by atoms with Gasteiger partial charge in [0.2, 0.25) is 5.75 Å². The van der Waals surface area contributed by atoms with Gasteiger partial charge in [0.25, 0.3) is 0 Å². The molecular weight excluding hydrogens is 919 g/mol. The predicted molar refractivity (Wildman–Crippen MR) is 248 cm³/mol. The lowest BCUT2D eigenvalue weighted by Gasteiger charge is -2.15. The molecule has 15 nitrogen and oxygen atoms in total. The topological polar surface area (TPSA) is 212 Å². The lowest BCUT2D eigenvalue weighted by molar-refractivity contribution is 0.261. The van der Waals surface area contributed by atoms with Crippen molar-refractivity contribution in [3.63, 3.8) is 0 Å². The van der Waals surface area contributed by atoms with Gasteiger partial charge in [-0.15, -0.1) is 0 Å². The van der Waals surface area contributed by atoms with Gasteiger partial charge in [-0.25, -0.2) is 40.7 Å². The number of para-hydroxylation sites is 1. The van der Waals surface area contributed by atoms with Crippen molar-refractivity contribution < 1.29 is 70.3 Å². The molecule has 0 saturated carbocycles. The number of amides is 6. The van der Waals surface area contributed by atoms with E-state index < -0.39 is 75.9 Å². The molecule has 7 aromatic rings. The number of phenols is 3. The summed E-state index contributed by atoms with van der Waals surface area (Å²) in [5.41, 5.74) is 2.00. The van der Waals surface area contributed by atoms with E-state index in [1.165, 1.54) is 33.5 Å². The van der Waals surface area contributed by atoms with Gasteiger partial charge >= 0.3 is 18.1 Å². The van der Waals surface area contributed by atoms with E-state index in [0.29, 0.717) is 46.8 Å². The third-order valence-corrected chi connectivity index (χ3v) is 9.51. The van der Waals surface area contributed by atoms with Crippen LogP contribution in [0.15, 0.2) is 109 Å². The van der Waals surface area contributed by atoms with Gasteiger partial charge < -0.3 is 61.4 Å². The summed E-state index contributed by atoms with van der Waals surface area (Å²) in [4.78, 5) is 35.9. The number of phenolic OH excluding ortho intramolecular Hbond substituents is 3. The summed E-state index contributed by atoms with van der Waals surface area (Å²) < 4.78 is 94.7. The number of urea groups is 3. The largest absolute Gasteiger partial charge is 0.503 e. The molecule has 69 heavy (non-hydrogen) atoms. The van der Waals surface area contributed by atoms with E-state index in [-0.39, 0.29) is 17.1 Å². The number of methoxy groups -OCH3 is 3. The number of benzene rings is 7. The number of rotatable bonds is 9. The van der Waals surface area contributed by atoms with Crippen molar-refractivity contribution in [1.82, 2.24) is 0 Å². The summed E-state index contributed by atoms with van der Waals surface area (Å²) >= 11 is 0. The second kappa shape index (κ2) is 22.9. The summed E-state index contributed by atoms with van der Waals surface area (Å²) in [6, 6.07) is 23.0. The lowest BCUT2D eigenvalue weighted by Crippen LogP contribution is -2.21. The van der Waals surface area contributed by atoms with Crippen LogP contribution in [0.4, 0.5) is 74.9 Å². The summed E-state index contributed by atoms with van der Waals surface area (Å²) in [5, 5.41) is 44.5. The molecule has 0 aliphatic rings. The highest BCUT2D eigenvalue weighted by molar-refractivity contribution is 6.07. The van der Waals surface area contributed by atoms with Gasteiger partial charge in [0, 0.05) is 59.6 Å². The molecule has 0 aliphatic heterocycles. The molecule has 0 aromatic heterocycles. The Bertz CT molecular complexity index is 2980. The minimum atomic E-state index is -1.19. The summed E-state index contributed by atoms with van der Waals surface area (Å²) in [5.74, 6) is -7.79. The molecular formula is C48H42F6N6O9. The third kappa shape index (κ3) is 13.3. The van der Waals surface area contributed by atoms with Crippen LogP contribution in [0.2, 0.25) is 0 Å². The van der Waals surface area contributed by atoms with Crippen molar-refractivity contribution in [2.24, 2.45) is 0 Å². The fourth-order valence-electron chi connectivity index (χ4n) is 6.31. The van der Waals surface area contributed by atoms with E-state index in [1.807, 2.05) is 62.4 Å². The first-order valence-electron chi connectivity index (χ1n) is 19.9. The summed E-state index contributed by atoms with van der Waals surface area (Å²) in [6.45, 7) is 3.64. The van der Waals surface area contributed by atoms with Crippen molar-refractivity contribution in [3.05, 3.63) is 155 Å². The Morgan fingerprint density at radius 3 is 1.29 bits per heavy atom. The summed E-state index contributed by atoms with van der Waals surface area (Å²) in [7, 11) is 4.25. The highest BCUT2D eigenvalue weighted by Gasteiger charge is 2.18. The second-order valence-electron chi connectivity index (χ2n) is 14.3. The Morgan fingerprint density at radius 2 is 0.841 bits per heavy atom.